The lowest BCUT2D eigenvalue weighted by atomic mass is 10.1. The van der Waals surface area contributed by atoms with E-state index < -0.39 is 11.6 Å². The minimum absolute atomic E-state index is 0.0568. The highest BCUT2D eigenvalue weighted by Crippen LogP contribution is 2.25. The molecule has 2 aromatic heterocycles. The van der Waals surface area contributed by atoms with Gasteiger partial charge in [-0.1, -0.05) is 35.9 Å². The standard InChI is InChI=1S/C23H21F2N3O/c1-13-8-10-17(11-9-13)21-16(4)28-22(29)14(2)15(3)27(23(28)26-21)12-18-19(24)6-5-7-20(18)25/h5-11H,12H2,1-4H3. The molecule has 0 atom stereocenters. The Morgan fingerprint density at radius 2 is 1.52 bits per heavy atom. The maximum Gasteiger partial charge on any atom is 0.262 e. The summed E-state index contributed by atoms with van der Waals surface area (Å²) in [5, 5.41) is 0. The molecule has 0 aliphatic rings. The molecule has 4 nitrogen and oxygen atoms in total. The lowest BCUT2D eigenvalue weighted by Crippen LogP contribution is -2.24. The fourth-order valence-electron chi connectivity index (χ4n) is 3.60. The first-order chi connectivity index (χ1) is 13.8. The van der Waals surface area contributed by atoms with Gasteiger partial charge < -0.3 is 4.57 Å². The first-order valence-corrected chi connectivity index (χ1v) is 9.38. The van der Waals surface area contributed by atoms with Crippen molar-refractivity contribution in [3.05, 3.63) is 92.5 Å². The molecule has 0 saturated carbocycles. The first-order valence-electron chi connectivity index (χ1n) is 9.38. The second kappa shape index (κ2) is 6.95. The molecule has 0 amide bonds. The van der Waals surface area contributed by atoms with Crippen LogP contribution in [0, 0.1) is 39.3 Å². The highest BCUT2D eigenvalue weighted by Gasteiger charge is 2.20. The third-order valence-electron chi connectivity index (χ3n) is 5.51. The van der Waals surface area contributed by atoms with E-state index in [0.717, 1.165) is 11.1 Å². The Hall–Kier alpha value is -3.28. The second-order valence-electron chi connectivity index (χ2n) is 7.35. The van der Waals surface area contributed by atoms with Crippen molar-refractivity contribution in [3.8, 4) is 11.3 Å². The summed E-state index contributed by atoms with van der Waals surface area (Å²) in [7, 11) is 0. The highest BCUT2D eigenvalue weighted by atomic mass is 19.1. The van der Waals surface area contributed by atoms with E-state index in [4.69, 9.17) is 4.98 Å². The molecule has 0 radical (unpaired) electrons. The Morgan fingerprint density at radius 3 is 2.14 bits per heavy atom. The fraction of sp³-hybridized carbons (Fsp3) is 0.217. The van der Waals surface area contributed by atoms with Crippen molar-refractivity contribution in [2.75, 3.05) is 0 Å². The van der Waals surface area contributed by atoms with Gasteiger partial charge in [0.05, 0.1) is 17.9 Å². The Balaban J connectivity index is 2.01. The van der Waals surface area contributed by atoms with E-state index in [1.54, 1.807) is 18.4 Å². The number of imidazole rings is 1. The SMILES string of the molecule is Cc1ccc(-c2nc3n(Cc4c(F)cccc4F)c(C)c(C)c(=O)n3c2C)cc1. The van der Waals surface area contributed by atoms with Crippen LogP contribution in [0.4, 0.5) is 8.78 Å². The number of aromatic nitrogens is 3. The number of rotatable bonds is 3. The third-order valence-corrected chi connectivity index (χ3v) is 5.51. The van der Waals surface area contributed by atoms with Crippen LogP contribution in [0.25, 0.3) is 17.0 Å². The zero-order valence-electron chi connectivity index (χ0n) is 16.8. The third kappa shape index (κ3) is 3.05. The number of hydrogen-bond donors (Lipinski definition) is 0. The maximum absolute atomic E-state index is 14.3. The highest BCUT2D eigenvalue weighted by molar-refractivity contribution is 5.66. The van der Waals surface area contributed by atoms with Crippen molar-refractivity contribution in [1.82, 2.24) is 14.0 Å². The number of halogens is 2. The van der Waals surface area contributed by atoms with Gasteiger partial charge in [0.2, 0.25) is 5.78 Å². The molecule has 29 heavy (non-hydrogen) atoms. The van der Waals surface area contributed by atoms with Gasteiger partial charge in [-0.25, -0.2) is 18.2 Å². The number of hydrogen-bond acceptors (Lipinski definition) is 2. The molecule has 0 aliphatic carbocycles. The van der Waals surface area contributed by atoms with Crippen molar-refractivity contribution in [1.29, 1.82) is 0 Å². The van der Waals surface area contributed by atoms with Crippen LogP contribution in [0.15, 0.2) is 47.3 Å². The summed E-state index contributed by atoms with van der Waals surface area (Å²) in [5.74, 6) is -0.879. The molecule has 0 N–H and O–H groups in total. The van der Waals surface area contributed by atoms with Gasteiger partial charge in [-0.15, -0.1) is 0 Å². The van der Waals surface area contributed by atoms with Crippen LogP contribution >= 0.6 is 0 Å². The van der Waals surface area contributed by atoms with Gasteiger partial charge >= 0.3 is 0 Å². The van der Waals surface area contributed by atoms with Crippen molar-refractivity contribution in [2.45, 2.75) is 34.2 Å². The quantitative estimate of drug-likeness (QED) is 0.505. The average Bonchev–Trinajstić information content (AvgIpc) is 3.03. The van der Waals surface area contributed by atoms with Crippen LogP contribution in [-0.4, -0.2) is 14.0 Å². The van der Waals surface area contributed by atoms with E-state index in [2.05, 4.69) is 0 Å². The van der Waals surface area contributed by atoms with Gasteiger partial charge in [0, 0.05) is 22.4 Å². The van der Waals surface area contributed by atoms with Crippen LogP contribution in [0.1, 0.15) is 28.1 Å². The summed E-state index contributed by atoms with van der Waals surface area (Å²) in [5.41, 5.74) is 4.29. The largest absolute Gasteiger partial charge is 0.311 e. The number of aryl methyl sites for hydroxylation is 2. The molecule has 6 heteroatoms. The minimum atomic E-state index is -0.624. The summed E-state index contributed by atoms with van der Waals surface area (Å²) in [6, 6.07) is 11.7. The number of nitrogens with zero attached hydrogens (tertiary/aromatic N) is 3. The van der Waals surface area contributed by atoms with E-state index in [-0.39, 0.29) is 17.7 Å². The Morgan fingerprint density at radius 1 is 0.897 bits per heavy atom. The predicted octanol–water partition coefficient (Wildman–Crippen LogP) is 4.72. The molecule has 0 aliphatic heterocycles. The molecule has 148 valence electrons. The Kier molecular flexibility index (Phi) is 4.57. The van der Waals surface area contributed by atoms with Crippen LogP contribution in [-0.2, 0) is 6.54 Å². The van der Waals surface area contributed by atoms with Gasteiger partial charge in [-0.2, -0.15) is 0 Å². The zero-order valence-corrected chi connectivity index (χ0v) is 16.8. The lowest BCUT2D eigenvalue weighted by molar-refractivity contribution is 0.542. The molecule has 4 rings (SSSR count). The summed E-state index contributed by atoms with van der Waals surface area (Å²) in [4.78, 5) is 17.7. The summed E-state index contributed by atoms with van der Waals surface area (Å²) in [6.45, 7) is 7.26. The topological polar surface area (TPSA) is 39.3 Å². The zero-order chi connectivity index (χ0) is 20.9. The second-order valence-corrected chi connectivity index (χ2v) is 7.35. The number of benzene rings is 2. The van der Waals surface area contributed by atoms with Crippen molar-refractivity contribution < 1.29 is 8.78 Å². The summed E-state index contributed by atoms with van der Waals surface area (Å²) < 4.78 is 31.8. The van der Waals surface area contributed by atoms with Crippen molar-refractivity contribution in [2.24, 2.45) is 0 Å². The minimum Gasteiger partial charge on any atom is -0.311 e. The van der Waals surface area contributed by atoms with Gasteiger partial charge in [-0.3, -0.25) is 4.79 Å². The molecular formula is C23H21F2N3O. The van der Waals surface area contributed by atoms with Crippen LogP contribution in [0.2, 0.25) is 0 Å². The summed E-state index contributed by atoms with van der Waals surface area (Å²) in [6.07, 6.45) is 0. The predicted molar refractivity (Wildman–Crippen MR) is 109 cm³/mol. The average molecular weight is 393 g/mol. The van der Waals surface area contributed by atoms with E-state index in [1.165, 1.54) is 22.6 Å². The van der Waals surface area contributed by atoms with Crippen LogP contribution < -0.4 is 5.56 Å². The number of fused-ring (bicyclic) bond motifs is 1. The van der Waals surface area contributed by atoms with Gasteiger partial charge in [0.15, 0.2) is 0 Å². The van der Waals surface area contributed by atoms with Gasteiger partial charge in [0.1, 0.15) is 11.6 Å². The lowest BCUT2D eigenvalue weighted by Gasteiger charge is -2.15. The molecule has 0 spiro atoms. The molecule has 0 bridgehead atoms. The molecule has 0 saturated heterocycles. The van der Waals surface area contributed by atoms with E-state index >= 15 is 0 Å². The smallest absolute Gasteiger partial charge is 0.262 e. The molecule has 0 fully saturated rings. The van der Waals surface area contributed by atoms with E-state index in [9.17, 15) is 13.6 Å². The van der Waals surface area contributed by atoms with Crippen molar-refractivity contribution in [3.63, 3.8) is 0 Å². The molecule has 2 heterocycles. The molecule has 0 unspecified atom stereocenters. The first kappa shape index (κ1) is 19.1. The normalized spacial score (nSPS) is 11.4. The van der Waals surface area contributed by atoms with Gasteiger partial charge in [-0.05, 0) is 39.8 Å². The fourth-order valence-corrected chi connectivity index (χ4v) is 3.60. The molecule has 2 aromatic carbocycles. The van der Waals surface area contributed by atoms with E-state index in [0.29, 0.717) is 28.4 Å². The van der Waals surface area contributed by atoms with Crippen LogP contribution in [0.5, 0.6) is 0 Å². The Bertz CT molecular complexity index is 1280. The Labute approximate surface area is 167 Å². The van der Waals surface area contributed by atoms with Gasteiger partial charge in [0.25, 0.3) is 5.56 Å². The van der Waals surface area contributed by atoms with E-state index in [1.807, 2.05) is 38.1 Å². The monoisotopic (exact) mass is 393 g/mol. The summed E-state index contributed by atoms with van der Waals surface area (Å²) >= 11 is 0. The van der Waals surface area contributed by atoms with Crippen molar-refractivity contribution >= 4 is 5.78 Å². The maximum atomic E-state index is 14.3. The molecule has 4 aromatic rings. The molecular weight excluding hydrogens is 372 g/mol. The van der Waals surface area contributed by atoms with Crippen LogP contribution in [0.3, 0.4) is 0 Å².